The Bertz CT molecular complexity index is 1730. The van der Waals surface area contributed by atoms with Crippen LogP contribution in [0.5, 0.6) is 0 Å². The van der Waals surface area contributed by atoms with Gasteiger partial charge in [0.05, 0.1) is 41.8 Å². The van der Waals surface area contributed by atoms with Crippen molar-refractivity contribution in [3.63, 3.8) is 0 Å². The number of benzene rings is 3. The quantitative estimate of drug-likeness (QED) is 0.195. The molecule has 3 aromatic carbocycles. The largest absolute Gasteiger partial charge is 0.466 e. The lowest BCUT2D eigenvalue weighted by atomic mass is 10.1. The fourth-order valence-electron chi connectivity index (χ4n) is 5.00. The number of aryl methyl sites for hydroxylation is 1. The summed E-state index contributed by atoms with van der Waals surface area (Å²) in [6, 6.07) is 23.1. The maximum Gasteiger partial charge on any atom is 0.329 e. The van der Waals surface area contributed by atoms with Gasteiger partial charge < -0.3 is 14.2 Å². The Kier molecular flexibility index (Phi) is 7.82. The Labute approximate surface area is 232 Å². The first kappa shape index (κ1) is 26.9. The Balaban J connectivity index is 1.46. The van der Waals surface area contributed by atoms with E-state index in [1.807, 2.05) is 60.7 Å². The van der Waals surface area contributed by atoms with Gasteiger partial charge in [0.1, 0.15) is 5.82 Å². The standard InChI is InChI=1S/C31H33N5O4/c1-22(37)40-19-9-8-18-34-26-11-5-4-10-25(26)32-29(34)21-36-28-13-7-6-12-27(28)35(31(36)39)20-23-14-16-24(17-15-23)30(38)33(2)3/h4-7,10-17H,8-9,18-21H2,1-3H3. The van der Waals surface area contributed by atoms with Gasteiger partial charge in [0.2, 0.25) is 0 Å². The molecule has 0 saturated heterocycles. The second-order valence-corrected chi connectivity index (χ2v) is 10.1. The van der Waals surface area contributed by atoms with E-state index in [2.05, 4.69) is 4.57 Å². The van der Waals surface area contributed by atoms with Crippen LogP contribution in [-0.4, -0.2) is 56.2 Å². The molecule has 206 valence electrons. The number of rotatable bonds is 10. The smallest absolute Gasteiger partial charge is 0.329 e. The number of para-hydroxylation sites is 4. The Hall–Kier alpha value is -4.66. The minimum absolute atomic E-state index is 0.0606. The number of imidazole rings is 2. The molecule has 5 rings (SSSR count). The van der Waals surface area contributed by atoms with Crippen molar-refractivity contribution in [2.45, 2.75) is 39.4 Å². The van der Waals surface area contributed by atoms with E-state index in [0.717, 1.165) is 46.3 Å². The highest BCUT2D eigenvalue weighted by Gasteiger charge is 2.18. The van der Waals surface area contributed by atoms with Crippen molar-refractivity contribution in [1.82, 2.24) is 23.6 Å². The predicted molar refractivity (Wildman–Crippen MR) is 154 cm³/mol. The number of carbonyl (C=O) groups excluding carboxylic acids is 2. The molecule has 0 fully saturated rings. The lowest BCUT2D eigenvalue weighted by Crippen LogP contribution is -2.26. The van der Waals surface area contributed by atoms with Gasteiger partial charge in [0.25, 0.3) is 5.91 Å². The summed E-state index contributed by atoms with van der Waals surface area (Å²) in [5, 5.41) is 0. The molecule has 9 nitrogen and oxygen atoms in total. The lowest BCUT2D eigenvalue weighted by molar-refractivity contribution is -0.141. The molecule has 0 aliphatic rings. The highest BCUT2D eigenvalue weighted by atomic mass is 16.5. The van der Waals surface area contributed by atoms with Gasteiger partial charge in [0.15, 0.2) is 0 Å². The normalized spacial score (nSPS) is 11.3. The van der Waals surface area contributed by atoms with Gasteiger partial charge in [-0.3, -0.25) is 18.7 Å². The van der Waals surface area contributed by atoms with E-state index in [-0.39, 0.29) is 17.6 Å². The summed E-state index contributed by atoms with van der Waals surface area (Å²) in [4.78, 5) is 43.6. The van der Waals surface area contributed by atoms with Gasteiger partial charge in [-0.05, 0) is 54.8 Å². The third kappa shape index (κ3) is 5.54. The van der Waals surface area contributed by atoms with E-state index < -0.39 is 0 Å². The van der Waals surface area contributed by atoms with Crippen molar-refractivity contribution in [2.24, 2.45) is 0 Å². The molecule has 2 heterocycles. The lowest BCUT2D eigenvalue weighted by Gasteiger charge is -2.11. The van der Waals surface area contributed by atoms with Crippen molar-refractivity contribution in [3.05, 3.63) is 100 Å². The van der Waals surface area contributed by atoms with Crippen LogP contribution in [0.15, 0.2) is 77.6 Å². The summed E-state index contributed by atoms with van der Waals surface area (Å²) in [5.74, 6) is 0.461. The average Bonchev–Trinajstić information content (AvgIpc) is 3.43. The van der Waals surface area contributed by atoms with Crippen LogP contribution in [0.1, 0.15) is 41.5 Å². The van der Waals surface area contributed by atoms with Crippen LogP contribution in [0.25, 0.3) is 22.1 Å². The molecule has 0 saturated carbocycles. The minimum atomic E-state index is -0.275. The first-order chi connectivity index (χ1) is 19.3. The molecule has 0 aliphatic heterocycles. The van der Waals surface area contributed by atoms with Crippen LogP contribution in [-0.2, 0) is 29.2 Å². The molecule has 1 amide bonds. The number of fused-ring (bicyclic) bond motifs is 2. The molecule has 0 spiro atoms. The summed E-state index contributed by atoms with van der Waals surface area (Å²) in [5.41, 5.74) is 4.97. The molecule has 40 heavy (non-hydrogen) atoms. The highest BCUT2D eigenvalue weighted by molar-refractivity contribution is 5.93. The number of esters is 1. The van der Waals surface area contributed by atoms with E-state index in [1.54, 1.807) is 40.3 Å². The van der Waals surface area contributed by atoms with Crippen LogP contribution in [0.2, 0.25) is 0 Å². The molecule has 0 bridgehead atoms. The molecule has 9 heteroatoms. The van der Waals surface area contributed by atoms with Gasteiger partial charge in [-0.1, -0.05) is 36.4 Å². The number of hydrogen-bond acceptors (Lipinski definition) is 5. The summed E-state index contributed by atoms with van der Waals surface area (Å²) < 4.78 is 10.8. The van der Waals surface area contributed by atoms with Gasteiger partial charge >= 0.3 is 11.7 Å². The average molecular weight is 540 g/mol. The van der Waals surface area contributed by atoms with E-state index >= 15 is 0 Å². The Morgan fingerprint density at radius 3 is 2.08 bits per heavy atom. The van der Waals surface area contributed by atoms with Crippen molar-refractivity contribution in [1.29, 1.82) is 0 Å². The molecule has 0 unspecified atom stereocenters. The van der Waals surface area contributed by atoms with Gasteiger partial charge in [-0.15, -0.1) is 0 Å². The van der Waals surface area contributed by atoms with Crippen LogP contribution in [0.3, 0.4) is 0 Å². The Morgan fingerprint density at radius 1 is 0.800 bits per heavy atom. The van der Waals surface area contributed by atoms with E-state index in [9.17, 15) is 14.4 Å². The van der Waals surface area contributed by atoms with E-state index in [1.165, 1.54) is 6.92 Å². The van der Waals surface area contributed by atoms with Gasteiger partial charge in [0, 0.05) is 33.1 Å². The molecule has 0 aliphatic carbocycles. The zero-order valence-corrected chi connectivity index (χ0v) is 23.0. The topological polar surface area (TPSA) is 91.4 Å². The fraction of sp³-hybridized carbons (Fsp3) is 0.290. The summed E-state index contributed by atoms with van der Waals surface area (Å²) in [6.07, 6.45) is 1.55. The maximum absolute atomic E-state index is 13.8. The number of amides is 1. The third-order valence-corrected chi connectivity index (χ3v) is 6.99. The minimum Gasteiger partial charge on any atom is -0.466 e. The summed E-state index contributed by atoms with van der Waals surface area (Å²) in [7, 11) is 3.45. The third-order valence-electron chi connectivity index (χ3n) is 6.99. The zero-order valence-electron chi connectivity index (χ0n) is 23.0. The molecule has 2 aromatic heterocycles. The molecular weight excluding hydrogens is 506 g/mol. The highest BCUT2D eigenvalue weighted by Crippen LogP contribution is 2.21. The number of ether oxygens (including phenoxy) is 1. The van der Waals surface area contributed by atoms with Crippen LogP contribution in [0, 0.1) is 0 Å². The van der Waals surface area contributed by atoms with Crippen molar-refractivity contribution < 1.29 is 14.3 Å². The first-order valence-electron chi connectivity index (χ1n) is 13.4. The zero-order chi connectivity index (χ0) is 28.2. The van der Waals surface area contributed by atoms with Gasteiger partial charge in [-0.25, -0.2) is 9.78 Å². The van der Waals surface area contributed by atoms with E-state index in [0.29, 0.717) is 31.8 Å². The number of hydrogen-bond donors (Lipinski definition) is 0. The number of aromatic nitrogens is 4. The molecular formula is C31H33N5O4. The first-order valence-corrected chi connectivity index (χ1v) is 13.4. The van der Waals surface area contributed by atoms with Gasteiger partial charge in [-0.2, -0.15) is 0 Å². The van der Waals surface area contributed by atoms with Crippen LogP contribution < -0.4 is 5.69 Å². The van der Waals surface area contributed by atoms with Crippen molar-refractivity contribution in [3.8, 4) is 0 Å². The summed E-state index contributed by atoms with van der Waals surface area (Å²) in [6.45, 7) is 3.20. The van der Waals surface area contributed by atoms with Crippen LogP contribution >= 0.6 is 0 Å². The molecule has 0 atom stereocenters. The van der Waals surface area contributed by atoms with Crippen molar-refractivity contribution in [2.75, 3.05) is 20.7 Å². The number of carbonyl (C=O) groups is 2. The number of unbranched alkanes of at least 4 members (excludes halogenated alkanes) is 1. The summed E-state index contributed by atoms with van der Waals surface area (Å²) >= 11 is 0. The molecule has 5 aromatic rings. The Morgan fingerprint density at radius 2 is 1.43 bits per heavy atom. The number of nitrogens with zero attached hydrogens (tertiary/aromatic N) is 5. The van der Waals surface area contributed by atoms with Crippen molar-refractivity contribution >= 4 is 33.9 Å². The fourth-order valence-corrected chi connectivity index (χ4v) is 5.00. The maximum atomic E-state index is 13.8. The second-order valence-electron chi connectivity index (χ2n) is 10.1. The SMILES string of the molecule is CC(=O)OCCCCn1c(Cn2c(=O)n(Cc3ccc(C(=O)N(C)C)cc3)c3ccccc32)nc2ccccc21. The predicted octanol–water partition coefficient (Wildman–Crippen LogP) is 4.29. The molecule has 0 N–H and O–H groups in total. The second kappa shape index (κ2) is 11.6. The monoisotopic (exact) mass is 539 g/mol. The van der Waals surface area contributed by atoms with E-state index in [4.69, 9.17) is 9.72 Å². The molecule has 0 radical (unpaired) electrons. The van der Waals surface area contributed by atoms with Crippen LogP contribution in [0.4, 0.5) is 0 Å².